The Hall–Kier alpha value is -1.42. The summed E-state index contributed by atoms with van der Waals surface area (Å²) in [5.41, 5.74) is 2.08. The standard InChI is InChI=1S/C17H26N4/c1-13(2)11-16-19-15-8-6-9-18-17(15)21(16)12-14-7-4-5-10-20(14)3/h6,8-9,13-14H,4-5,7,10-12H2,1-3H3. The Morgan fingerprint density at radius 3 is 2.95 bits per heavy atom. The van der Waals surface area contributed by atoms with Crippen molar-refractivity contribution in [2.24, 2.45) is 5.92 Å². The topological polar surface area (TPSA) is 34.0 Å². The lowest BCUT2D eigenvalue weighted by atomic mass is 10.0. The molecule has 1 fully saturated rings. The molecule has 0 aliphatic carbocycles. The molecule has 0 spiro atoms. The predicted molar refractivity (Wildman–Crippen MR) is 86.3 cm³/mol. The number of nitrogens with zero attached hydrogens (tertiary/aromatic N) is 4. The number of likely N-dealkylation sites (tertiary alicyclic amines) is 1. The van der Waals surface area contributed by atoms with E-state index in [1.165, 1.54) is 31.6 Å². The summed E-state index contributed by atoms with van der Waals surface area (Å²) in [5.74, 6) is 1.81. The average molecular weight is 286 g/mol. The molecule has 3 heterocycles. The van der Waals surface area contributed by atoms with Crippen molar-refractivity contribution in [3.63, 3.8) is 0 Å². The van der Waals surface area contributed by atoms with Crippen LogP contribution < -0.4 is 0 Å². The molecule has 0 saturated carbocycles. The zero-order chi connectivity index (χ0) is 14.8. The molecular formula is C17H26N4. The van der Waals surface area contributed by atoms with Crippen LogP contribution in [0.5, 0.6) is 0 Å². The van der Waals surface area contributed by atoms with E-state index in [2.05, 4.69) is 41.4 Å². The molecule has 2 aromatic rings. The van der Waals surface area contributed by atoms with Crippen molar-refractivity contribution in [1.29, 1.82) is 0 Å². The summed E-state index contributed by atoms with van der Waals surface area (Å²) < 4.78 is 2.36. The molecule has 2 aromatic heterocycles. The molecule has 0 radical (unpaired) electrons. The van der Waals surface area contributed by atoms with E-state index in [1.807, 2.05) is 12.3 Å². The lowest BCUT2D eigenvalue weighted by molar-refractivity contribution is 0.167. The van der Waals surface area contributed by atoms with Gasteiger partial charge in [0.15, 0.2) is 5.65 Å². The van der Waals surface area contributed by atoms with Gasteiger partial charge in [-0.15, -0.1) is 0 Å². The van der Waals surface area contributed by atoms with E-state index in [0.717, 1.165) is 24.1 Å². The normalized spacial score (nSPS) is 20.5. The van der Waals surface area contributed by atoms with Crippen LogP contribution in [0.25, 0.3) is 11.2 Å². The Kier molecular flexibility index (Phi) is 4.24. The third-order valence-electron chi connectivity index (χ3n) is 4.49. The number of hydrogen-bond acceptors (Lipinski definition) is 3. The molecule has 0 bridgehead atoms. The quantitative estimate of drug-likeness (QED) is 0.866. The van der Waals surface area contributed by atoms with Gasteiger partial charge in [-0.3, -0.25) is 0 Å². The fraction of sp³-hybridized carbons (Fsp3) is 0.647. The van der Waals surface area contributed by atoms with Gasteiger partial charge in [-0.2, -0.15) is 0 Å². The Balaban J connectivity index is 1.94. The van der Waals surface area contributed by atoms with Crippen molar-refractivity contribution in [3.05, 3.63) is 24.2 Å². The second kappa shape index (κ2) is 6.14. The van der Waals surface area contributed by atoms with E-state index >= 15 is 0 Å². The van der Waals surface area contributed by atoms with Crippen molar-refractivity contribution in [2.75, 3.05) is 13.6 Å². The lowest BCUT2D eigenvalue weighted by Crippen LogP contribution is -2.39. The molecule has 114 valence electrons. The lowest BCUT2D eigenvalue weighted by Gasteiger charge is -2.33. The molecule has 1 saturated heterocycles. The maximum Gasteiger partial charge on any atom is 0.160 e. The average Bonchev–Trinajstić information content (AvgIpc) is 2.78. The summed E-state index contributed by atoms with van der Waals surface area (Å²) in [6.07, 6.45) is 6.85. The third kappa shape index (κ3) is 3.10. The summed E-state index contributed by atoms with van der Waals surface area (Å²) >= 11 is 0. The highest BCUT2D eigenvalue weighted by atomic mass is 15.2. The molecule has 1 aliphatic rings. The van der Waals surface area contributed by atoms with E-state index in [0.29, 0.717) is 12.0 Å². The summed E-state index contributed by atoms with van der Waals surface area (Å²) in [5, 5.41) is 0. The van der Waals surface area contributed by atoms with E-state index < -0.39 is 0 Å². The second-order valence-corrected chi connectivity index (χ2v) is 6.71. The van der Waals surface area contributed by atoms with Crippen LogP contribution in [-0.2, 0) is 13.0 Å². The monoisotopic (exact) mass is 286 g/mol. The van der Waals surface area contributed by atoms with Crippen molar-refractivity contribution >= 4 is 11.2 Å². The molecule has 1 unspecified atom stereocenters. The van der Waals surface area contributed by atoms with Crippen molar-refractivity contribution < 1.29 is 0 Å². The Morgan fingerprint density at radius 1 is 1.33 bits per heavy atom. The van der Waals surface area contributed by atoms with Gasteiger partial charge >= 0.3 is 0 Å². The smallest absolute Gasteiger partial charge is 0.160 e. The van der Waals surface area contributed by atoms with Gasteiger partial charge in [0.1, 0.15) is 11.3 Å². The molecule has 4 nitrogen and oxygen atoms in total. The zero-order valence-electron chi connectivity index (χ0n) is 13.4. The van der Waals surface area contributed by atoms with Crippen LogP contribution in [0.15, 0.2) is 18.3 Å². The van der Waals surface area contributed by atoms with Gasteiger partial charge in [0.2, 0.25) is 0 Å². The highest BCUT2D eigenvalue weighted by Crippen LogP contribution is 2.21. The predicted octanol–water partition coefficient (Wildman–Crippen LogP) is 3.11. The third-order valence-corrected chi connectivity index (χ3v) is 4.49. The second-order valence-electron chi connectivity index (χ2n) is 6.71. The van der Waals surface area contributed by atoms with Gasteiger partial charge in [-0.25, -0.2) is 9.97 Å². The molecule has 0 amide bonds. The van der Waals surface area contributed by atoms with Crippen LogP contribution in [0.3, 0.4) is 0 Å². The number of rotatable bonds is 4. The minimum absolute atomic E-state index is 0.615. The van der Waals surface area contributed by atoms with E-state index in [4.69, 9.17) is 4.98 Å². The Labute approximate surface area is 127 Å². The number of pyridine rings is 1. The first-order valence-corrected chi connectivity index (χ1v) is 8.15. The van der Waals surface area contributed by atoms with Crippen LogP contribution in [0, 0.1) is 5.92 Å². The first kappa shape index (κ1) is 14.5. The number of piperidine rings is 1. The SMILES string of the molecule is CC(C)Cc1nc2cccnc2n1CC1CCCCN1C. The first-order valence-electron chi connectivity index (χ1n) is 8.15. The molecule has 0 aromatic carbocycles. The minimum atomic E-state index is 0.615. The zero-order valence-corrected chi connectivity index (χ0v) is 13.4. The van der Waals surface area contributed by atoms with E-state index in [-0.39, 0.29) is 0 Å². The van der Waals surface area contributed by atoms with Crippen molar-refractivity contribution in [3.8, 4) is 0 Å². The molecule has 3 rings (SSSR count). The number of fused-ring (bicyclic) bond motifs is 1. The maximum absolute atomic E-state index is 4.83. The Bertz CT molecular complexity index is 602. The summed E-state index contributed by atoms with van der Waals surface area (Å²) in [4.78, 5) is 11.9. The largest absolute Gasteiger partial charge is 0.311 e. The molecule has 1 aliphatic heterocycles. The number of imidazole rings is 1. The number of hydrogen-bond donors (Lipinski definition) is 0. The van der Waals surface area contributed by atoms with Crippen LogP contribution in [0.4, 0.5) is 0 Å². The van der Waals surface area contributed by atoms with Crippen LogP contribution in [0.1, 0.15) is 38.9 Å². The fourth-order valence-electron chi connectivity index (χ4n) is 3.30. The van der Waals surface area contributed by atoms with Gasteiger partial charge in [-0.1, -0.05) is 20.3 Å². The van der Waals surface area contributed by atoms with E-state index in [9.17, 15) is 0 Å². The minimum Gasteiger partial charge on any atom is -0.311 e. The van der Waals surface area contributed by atoms with Gasteiger partial charge in [0.05, 0.1) is 0 Å². The van der Waals surface area contributed by atoms with Crippen LogP contribution >= 0.6 is 0 Å². The molecule has 21 heavy (non-hydrogen) atoms. The molecular weight excluding hydrogens is 260 g/mol. The van der Waals surface area contributed by atoms with Gasteiger partial charge in [0.25, 0.3) is 0 Å². The molecule has 4 heteroatoms. The highest BCUT2D eigenvalue weighted by molar-refractivity contribution is 5.71. The molecule has 1 atom stereocenters. The van der Waals surface area contributed by atoms with Crippen molar-refractivity contribution in [2.45, 2.75) is 52.1 Å². The first-order chi connectivity index (χ1) is 10.1. The van der Waals surface area contributed by atoms with Gasteiger partial charge < -0.3 is 9.47 Å². The summed E-state index contributed by atoms with van der Waals surface area (Å²) in [6.45, 7) is 6.74. The van der Waals surface area contributed by atoms with Gasteiger partial charge in [0, 0.05) is 25.2 Å². The summed E-state index contributed by atoms with van der Waals surface area (Å²) in [6, 6.07) is 4.67. The number of aromatic nitrogens is 3. The van der Waals surface area contributed by atoms with Crippen LogP contribution in [0.2, 0.25) is 0 Å². The van der Waals surface area contributed by atoms with Crippen molar-refractivity contribution in [1.82, 2.24) is 19.4 Å². The van der Waals surface area contributed by atoms with E-state index in [1.54, 1.807) is 0 Å². The highest BCUT2D eigenvalue weighted by Gasteiger charge is 2.22. The Morgan fingerprint density at radius 2 is 2.19 bits per heavy atom. The van der Waals surface area contributed by atoms with Gasteiger partial charge in [-0.05, 0) is 44.5 Å². The maximum atomic E-state index is 4.83. The molecule has 0 N–H and O–H groups in total. The fourth-order valence-corrected chi connectivity index (χ4v) is 3.30. The summed E-state index contributed by atoms with van der Waals surface area (Å²) in [7, 11) is 2.25. The van der Waals surface area contributed by atoms with Crippen LogP contribution in [-0.4, -0.2) is 39.1 Å². The number of likely N-dealkylation sites (N-methyl/N-ethyl adjacent to an activating group) is 1.